The number of hydrogen-bond acceptors (Lipinski definition) is 4. The third kappa shape index (κ3) is 3.98. The third-order valence-corrected chi connectivity index (χ3v) is 3.25. The van der Waals surface area contributed by atoms with E-state index < -0.39 is 0 Å². The zero-order valence-corrected chi connectivity index (χ0v) is 10.2. The zero-order chi connectivity index (χ0) is 12.8. The van der Waals surface area contributed by atoms with Crippen LogP contribution in [0.4, 0.5) is 0 Å². The number of likely N-dealkylation sites (tertiary alicyclic amines) is 1. The number of ether oxygens (including phenoxy) is 1. The van der Waals surface area contributed by atoms with Gasteiger partial charge >= 0.3 is 0 Å². The second kappa shape index (κ2) is 6.56. The van der Waals surface area contributed by atoms with Crippen LogP contribution in [0.3, 0.4) is 0 Å². The average Bonchev–Trinajstić information content (AvgIpc) is 2.35. The summed E-state index contributed by atoms with van der Waals surface area (Å²) in [7, 11) is 1.55. The number of nitrogens with zero attached hydrogens (tertiary/aromatic N) is 1. The van der Waals surface area contributed by atoms with Crippen molar-refractivity contribution >= 4 is 11.8 Å². The number of nitrogens with two attached hydrogens (primary N) is 2. The van der Waals surface area contributed by atoms with Crippen LogP contribution in [0.2, 0.25) is 0 Å². The fourth-order valence-electron chi connectivity index (χ4n) is 2.00. The predicted molar refractivity (Wildman–Crippen MR) is 63.0 cm³/mol. The molecule has 1 heterocycles. The van der Waals surface area contributed by atoms with E-state index in [1.165, 1.54) is 0 Å². The Morgan fingerprint density at radius 1 is 1.41 bits per heavy atom. The van der Waals surface area contributed by atoms with Crippen molar-refractivity contribution in [3.63, 3.8) is 0 Å². The van der Waals surface area contributed by atoms with E-state index in [1.54, 1.807) is 12.0 Å². The number of piperidine rings is 1. The van der Waals surface area contributed by atoms with E-state index in [0.717, 1.165) is 0 Å². The molecule has 1 aliphatic rings. The molecule has 0 aromatic carbocycles. The summed E-state index contributed by atoms with van der Waals surface area (Å²) in [6, 6.07) is 0. The lowest BCUT2D eigenvalue weighted by atomic mass is 9.96. The normalized spacial score (nSPS) is 19.1. The minimum absolute atomic E-state index is 0.0326. The SMILES string of the molecule is COC(CN)CC(=O)N1CCC(C(N)=O)CC1. The van der Waals surface area contributed by atoms with Gasteiger partial charge in [0.1, 0.15) is 0 Å². The zero-order valence-electron chi connectivity index (χ0n) is 10.2. The van der Waals surface area contributed by atoms with E-state index in [2.05, 4.69) is 0 Å². The summed E-state index contributed by atoms with van der Waals surface area (Å²) < 4.78 is 5.07. The molecule has 1 rings (SSSR count). The van der Waals surface area contributed by atoms with Crippen molar-refractivity contribution in [1.29, 1.82) is 0 Å². The molecule has 0 spiro atoms. The molecule has 1 saturated heterocycles. The van der Waals surface area contributed by atoms with Gasteiger partial charge in [0.2, 0.25) is 11.8 Å². The Balaban J connectivity index is 2.38. The second-order valence-electron chi connectivity index (χ2n) is 4.35. The molecule has 98 valence electrons. The standard InChI is InChI=1S/C11H21N3O3/c1-17-9(7-12)6-10(15)14-4-2-8(3-5-14)11(13)16/h8-9H,2-7,12H2,1H3,(H2,13,16). The number of primary amides is 1. The highest BCUT2D eigenvalue weighted by Crippen LogP contribution is 2.17. The lowest BCUT2D eigenvalue weighted by Crippen LogP contribution is -2.43. The van der Waals surface area contributed by atoms with Crippen molar-refractivity contribution in [1.82, 2.24) is 4.90 Å². The fourth-order valence-corrected chi connectivity index (χ4v) is 2.00. The van der Waals surface area contributed by atoms with E-state index in [9.17, 15) is 9.59 Å². The van der Waals surface area contributed by atoms with Crippen molar-refractivity contribution in [3.8, 4) is 0 Å². The highest BCUT2D eigenvalue weighted by atomic mass is 16.5. The van der Waals surface area contributed by atoms with Gasteiger partial charge in [-0.2, -0.15) is 0 Å². The van der Waals surface area contributed by atoms with Gasteiger partial charge in [0.05, 0.1) is 12.5 Å². The van der Waals surface area contributed by atoms with Crippen molar-refractivity contribution in [2.75, 3.05) is 26.7 Å². The van der Waals surface area contributed by atoms with E-state index in [-0.39, 0.29) is 23.8 Å². The van der Waals surface area contributed by atoms with Crippen LogP contribution in [0.15, 0.2) is 0 Å². The maximum Gasteiger partial charge on any atom is 0.225 e. The molecular weight excluding hydrogens is 222 g/mol. The first-order valence-corrected chi connectivity index (χ1v) is 5.88. The molecule has 0 aromatic rings. The summed E-state index contributed by atoms with van der Waals surface area (Å²) in [5.74, 6) is -0.328. The second-order valence-corrected chi connectivity index (χ2v) is 4.35. The molecule has 1 aliphatic heterocycles. The molecule has 6 nitrogen and oxygen atoms in total. The van der Waals surface area contributed by atoms with Crippen molar-refractivity contribution in [2.24, 2.45) is 17.4 Å². The average molecular weight is 243 g/mol. The third-order valence-electron chi connectivity index (χ3n) is 3.25. The molecule has 4 N–H and O–H groups in total. The van der Waals surface area contributed by atoms with E-state index in [1.807, 2.05) is 0 Å². The monoisotopic (exact) mass is 243 g/mol. The minimum Gasteiger partial charge on any atom is -0.380 e. The summed E-state index contributed by atoms with van der Waals surface area (Å²) >= 11 is 0. The predicted octanol–water partition coefficient (Wildman–Crippen LogP) is -0.926. The van der Waals surface area contributed by atoms with Gasteiger partial charge in [0, 0.05) is 32.7 Å². The molecule has 0 bridgehead atoms. The first-order valence-electron chi connectivity index (χ1n) is 5.88. The number of methoxy groups -OCH3 is 1. The molecular formula is C11H21N3O3. The molecule has 2 amide bonds. The Hall–Kier alpha value is -1.14. The largest absolute Gasteiger partial charge is 0.380 e. The van der Waals surface area contributed by atoms with Crippen LogP contribution in [0, 0.1) is 5.92 Å². The highest BCUT2D eigenvalue weighted by molar-refractivity contribution is 5.79. The Kier molecular flexibility index (Phi) is 5.37. The number of carbonyl (C=O) groups excluding carboxylic acids is 2. The van der Waals surface area contributed by atoms with Crippen LogP contribution < -0.4 is 11.5 Å². The smallest absolute Gasteiger partial charge is 0.225 e. The molecule has 0 saturated carbocycles. The summed E-state index contributed by atoms with van der Waals surface area (Å²) in [4.78, 5) is 24.6. The number of amides is 2. The van der Waals surface area contributed by atoms with E-state index in [4.69, 9.17) is 16.2 Å². The Labute approximate surface area is 101 Å². The van der Waals surface area contributed by atoms with Gasteiger partial charge in [-0.1, -0.05) is 0 Å². The van der Waals surface area contributed by atoms with Gasteiger partial charge in [-0.15, -0.1) is 0 Å². The maximum absolute atomic E-state index is 11.9. The lowest BCUT2D eigenvalue weighted by molar-refractivity contribution is -0.137. The van der Waals surface area contributed by atoms with E-state index in [0.29, 0.717) is 38.9 Å². The quantitative estimate of drug-likeness (QED) is 0.652. The van der Waals surface area contributed by atoms with Crippen LogP contribution >= 0.6 is 0 Å². The van der Waals surface area contributed by atoms with Crippen LogP contribution in [0.25, 0.3) is 0 Å². The molecule has 17 heavy (non-hydrogen) atoms. The van der Waals surface area contributed by atoms with Crippen LogP contribution in [-0.4, -0.2) is 49.6 Å². The number of hydrogen-bond donors (Lipinski definition) is 2. The van der Waals surface area contributed by atoms with Gasteiger partial charge in [0.25, 0.3) is 0 Å². The lowest BCUT2D eigenvalue weighted by Gasteiger charge is -2.31. The molecule has 0 radical (unpaired) electrons. The molecule has 1 unspecified atom stereocenters. The summed E-state index contributed by atoms with van der Waals surface area (Å²) in [5, 5.41) is 0. The van der Waals surface area contributed by atoms with Crippen LogP contribution in [-0.2, 0) is 14.3 Å². The number of rotatable bonds is 5. The molecule has 1 fully saturated rings. The van der Waals surface area contributed by atoms with Crippen molar-refractivity contribution < 1.29 is 14.3 Å². The van der Waals surface area contributed by atoms with Gasteiger partial charge in [-0.3, -0.25) is 9.59 Å². The molecule has 0 aromatic heterocycles. The van der Waals surface area contributed by atoms with E-state index >= 15 is 0 Å². The molecule has 6 heteroatoms. The Bertz CT molecular complexity index is 271. The summed E-state index contributed by atoms with van der Waals surface area (Å²) in [6.07, 6.45) is 1.38. The maximum atomic E-state index is 11.9. The van der Waals surface area contributed by atoms with Crippen LogP contribution in [0.1, 0.15) is 19.3 Å². The van der Waals surface area contributed by atoms with Crippen molar-refractivity contribution in [3.05, 3.63) is 0 Å². The fraction of sp³-hybridized carbons (Fsp3) is 0.818. The van der Waals surface area contributed by atoms with Crippen LogP contribution in [0.5, 0.6) is 0 Å². The molecule has 1 atom stereocenters. The topological polar surface area (TPSA) is 98.7 Å². The Morgan fingerprint density at radius 2 is 2.00 bits per heavy atom. The van der Waals surface area contributed by atoms with Gasteiger partial charge in [0.15, 0.2) is 0 Å². The highest BCUT2D eigenvalue weighted by Gasteiger charge is 2.26. The number of carbonyl (C=O) groups is 2. The van der Waals surface area contributed by atoms with Gasteiger partial charge in [-0.25, -0.2) is 0 Å². The van der Waals surface area contributed by atoms with Gasteiger partial charge < -0.3 is 21.1 Å². The Morgan fingerprint density at radius 3 is 2.41 bits per heavy atom. The first kappa shape index (κ1) is 13.9. The van der Waals surface area contributed by atoms with Crippen molar-refractivity contribution in [2.45, 2.75) is 25.4 Å². The first-order chi connectivity index (χ1) is 8.08. The summed E-state index contributed by atoms with van der Waals surface area (Å²) in [5.41, 5.74) is 10.7. The summed E-state index contributed by atoms with van der Waals surface area (Å²) in [6.45, 7) is 1.51. The minimum atomic E-state index is -0.270. The van der Waals surface area contributed by atoms with Gasteiger partial charge in [-0.05, 0) is 12.8 Å². The molecule has 0 aliphatic carbocycles.